The number of para-hydroxylation sites is 1. The molecule has 0 aliphatic carbocycles. The number of amides is 1. The van der Waals surface area contributed by atoms with Crippen molar-refractivity contribution in [3.05, 3.63) is 48.6 Å². The molecular weight excluding hydrogens is 390 g/mol. The van der Waals surface area contributed by atoms with E-state index in [-0.39, 0.29) is 11.8 Å². The van der Waals surface area contributed by atoms with E-state index in [1.165, 1.54) is 11.3 Å². The maximum Gasteiger partial charge on any atom is 0.283 e. The Morgan fingerprint density at radius 2 is 2.03 bits per heavy atom. The summed E-state index contributed by atoms with van der Waals surface area (Å²) in [5.41, 5.74) is 0.905. The molecule has 0 bridgehead atoms. The van der Waals surface area contributed by atoms with Gasteiger partial charge >= 0.3 is 0 Å². The third kappa shape index (κ3) is 3.92. The summed E-state index contributed by atoms with van der Waals surface area (Å²) in [6.07, 6.45) is 3.32. The van der Waals surface area contributed by atoms with E-state index in [0.29, 0.717) is 29.2 Å². The molecular formula is C20H19N5O3S. The average molecular weight is 409 g/mol. The maximum atomic E-state index is 12.4. The van der Waals surface area contributed by atoms with Crippen molar-refractivity contribution in [3.63, 3.8) is 0 Å². The first kappa shape index (κ1) is 18.0. The normalized spacial score (nSPS) is 15.7. The Hall–Kier alpha value is -3.04. The Kier molecular flexibility index (Phi) is 4.82. The lowest BCUT2D eigenvalue weighted by Gasteiger charge is -2.29. The SMILES string of the molecule is O=C(CN1CCC(c2nnc(-c3ccco3)o2)CC1)Nc1nc2ccccc2s1. The van der Waals surface area contributed by atoms with Crippen LogP contribution in [-0.4, -0.2) is 45.6 Å². The zero-order valence-corrected chi connectivity index (χ0v) is 16.4. The molecule has 29 heavy (non-hydrogen) atoms. The Morgan fingerprint density at radius 3 is 2.83 bits per heavy atom. The number of hydrogen-bond acceptors (Lipinski definition) is 8. The largest absolute Gasteiger partial charge is 0.459 e. The van der Waals surface area contributed by atoms with Gasteiger partial charge in [0.15, 0.2) is 10.9 Å². The molecule has 1 fully saturated rings. The number of carbonyl (C=O) groups is 1. The minimum atomic E-state index is -0.0413. The summed E-state index contributed by atoms with van der Waals surface area (Å²) in [5.74, 6) is 1.78. The highest BCUT2D eigenvalue weighted by molar-refractivity contribution is 7.22. The van der Waals surface area contributed by atoms with E-state index in [2.05, 4.69) is 25.4 Å². The minimum absolute atomic E-state index is 0.0413. The lowest BCUT2D eigenvalue weighted by molar-refractivity contribution is -0.117. The third-order valence-electron chi connectivity index (χ3n) is 5.02. The van der Waals surface area contributed by atoms with Crippen LogP contribution in [0.5, 0.6) is 0 Å². The number of likely N-dealkylation sites (tertiary alicyclic amines) is 1. The van der Waals surface area contributed by atoms with Gasteiger partial charge < -0.3 is 14.2 Å². The molecule has 148 valence electrons. The fourth-order valence-corrected chi connectivity index (χ4v) is 4.41. The van der Waals surface area contributed by atoms with Gasteiger partial charge in [0.05, 0.1) is 23.0 Å². The van der Waals surface area contributed by atoms with Crippen molar-refractivity contribution in [2.24, 2.45) is 0 Å². The fourth-order valence-electron chi connectivity index (χ4n) is 3.52. The van der Waals surface area contributed by atoms with Crippen molar-refractivity contribution in [3.8, 4) is 11.7 Å². The second-order valence-electron chi connectivity index (χ2n) is 7.01. The number of nitrogens with zero attached hydrogens (tertiary/aromatic N) is 4. The summed E-state index contributed by atoms with van der Waals surface area (Å²) in [7, 11) is 0. The molecule has 9 heteroatoms. The molecule has 5 rings (SSSR count). The molecule has 4 aromatic rings. The zero-order valence-electron chi connectivity index (χ0n) is 15.6. The predicted molar refractivity (Wildman–Crippen MR) is 109 cm³/mol. The number of rotatable bonds is 5. The highest BCUT2D eigenvalue weighted by Crippen LogP contribution is 2.29. The van der Waals surface area contributed by atoms with E-state index in [1.807, 2.05) is 24.3 Å². The first-order valence-corrected chi connectivity index (χ1v) is 10.3. The van der Waals surface area contributed by atoms with Crippen molar-refractivity contribution in [1.82, 2.24) is 20.1 Å². The first-order valence-electron chi connectivity index (χ1n) is 9.49. The summed E-state index contributed by atoms with van der Waals surface area (Å²) in [4.78, 5) is 19.0. The van der Waals surface area contributed by atoms with Gasteiger partial charge in [-0.25, -0.2) is 4.98 Å². The zero-order chi connectivity index (χ0) is 19.6. The van der Waals surface area contributed by atoms with Crippen LogP contribution in [0, 0.1) is 0 Å². The Bertz CT molecular complexity index is 1080. The van der Waals surface area contributed by atoms with Gasteiger partial charge in [-0.1, -0.05) is 23.5 Å². The lowest BCUT2D eigenvalue weighted by atomic mass is 9.97. The maximum absolute atomic E-state index is 12.4. The van der Waals surface area contributed by atoms with Crippen LogP contribution in [0.4, 0.5) is 5.13 Å². The molecule has 1 amide bonds. The summed E-state index contributed by atoms with van der Waals surface area (Å²) in [6, 6.07) is 11.4. The van der Waals surface area contributed by atoms with Gasteiger partial charge in [-0.15, -0.1) is 10.2 Å². The van der Waals surface area contributed by atoms with Crippen LogP contribution in [0.3, 0.4) is 0 Å². The number of fused-ring (bicyclic) bond motifs is 1. The fraction of sp³-hybridized carbons (Fsp3) is 0.300. The van der Waals surface area contributed by atoms with Crippen molar-refractivity contribution in [2.75, 3.05) is 25.0 Å². The van der Waals surface area contributed by atoms with Crippen LogP contribution in [0.1, 0.15) is 24.7 Å². The lowest BCUT2D eigenvalue weighted by Crippen LogP contribution is -2.38. The van der Waals surface area contributed by atoms with E-state index in [9.17, 15) is 4.79 Å². The van der Waals surface area contributed by atoms with Crippen LogP contribution >= 0.6 is 11.3 Å². The van der Waals surface area contributed by atoms with Crippen LogP contribution in [-0.2, 0) is 4.79 Å². The summed E-state index contributed by atoms with van der Waals surface area (Å²) < 4.78 is 12.1. The van der Waals surface area contributed by atoms with E-state index >= 15 is 0 Å². The highest BCUT2D eigenvalue weighted by atomic mass is 32.1. The van der Waals surface area contributed by atoms with Gasteiger partial charge in [-0.05, 0) is 50.2 Å². The Balaban J connectivity index is 1.14. The van der Waals surface area contributed by atoms with E-state index < -0.39 is 0 Å². The summed E-state index contributed by atoms with van der Waals surface area (Å²) in [5, 5.41) is 11.8. The Morgan fingerprint density at radius 1 is 1.17 bits per heavy atom. The van der Waals surface area contributed by atoms with Crippen LogP contribution in [0.15, 0.2) is 51.5 Å². The molecule has 4 heterocycles. The molecule has 0 spiro atoms. The average Bonchev–Trinajstić information content (AvgIpc) is 3.48. The van der Waals surface area contributed by atoms with Gasteiger partial charge in [0.25, 0.3) is 5.89 Å². The van der Waals surface area contributed by atoms with Crippen LogP contribution in [0.25, 0.3) is 21.9 Å². The number of furan rings is 1. The molecule has 8 nitrogen and oxygen atoms in total. The number of piperidine rings is 1. The molecule has 1 aromatic carbocycles. The topological polar surface area (TPSA) is 97.3 Å². The monoisotopic (exact) mass is 409 g/mol. The summed E-state index contributed by atoms with van der Waals surface area (Å²) >= 11 is 1.49. The second kappa shape index (κ2) is 7.76. The molecule has 0 atom stereocenters. The van der Waals surface area contributed by atoms with Crippen LogP contribution in [0.2, 0.25) is 0 Å². The number of nitrogens with one attached hydrogen (secondary N) is 1. The molecule has 0 unspecified atom stereocenters. The van der Waals surface area contributed by atoms with Crippen molar-refractivity contribution < 1.29 is 13.6 Å². The quantitative estimate of drug-likeness (QED) is 0.536. The van der Waals surface area contributed by atoms with Gasteiger partial charge in [-0.3, -0.25) is 9.69 Å². The summed E-state index contributed by atoms with van der Waals surface area (Å²) in [6.45, 7) is 1.96. The number of aromatic nitrogens is 3. The molecule has 1 saturated heterocycles. The van der Waals surface area contributed by atoms with Gasteiger partial charge in [-0.2, -0.15) is 0 Å². The number of carbonyl (C=O) groups excluding carboxylic acids is 1. The minimum Gasteiger partial charge on any atom is -0.459 e. The molecule has 3 aromatic heterocycles. The van der Waals surface area contributed by atoms with Crippen molar-refractivity contribution in [1.29, 1.82) is 0 Å². The number of anilines is 1. The van der Waals surface area contributed by atoms with E-state index in [4.69, 9.17) is 8.83 Å². The first-order chi connectivity index (χ1) is 14.2. The third-order valence-corrected chi connectivity index (χ3v) is 5.97. The van der Waals surface area contributed by atoms with E-state index in [0.717, 1.165) is 36.1 Å². The highest BCUT2D eigenvalue weighted by Gasteiger charge is 2.26. The molecule has 0 saturated carbocycles. The Labute approximate surface area is 170 Å². The molecule has 1 aliphatic rings. The standard InChI is InChI=1S/C20H19N5O3S/c26-17(22-20-21-14-4-1-2-6-16(14)29-20)12-25-9-7-13(8-10-25)18-23-24-19(28-18)15-5-3-11-27-15/h1-6,11,13H,7-10,12H2,(H,21,22,26). The predicted octanol–water partition coefficient (Wildman–Crippen LogP) is 3.76. The number of thiazole rings is 1. The molecule has 0 radical (unpaired) electrons. The smallest absolute Gasteiger partial charge is 0.283 e. The number of hydrogen-bond donors (Lipinski definition) is 1. The molecule has 1 aliphatic heterocycles. The van der Waals surface area contributed by atoms with Gasteiger partial charge in [0.2, 0.25) is 11.8 Å². The molecule has 1 N–H and O–H groups in total. The number of benzene rings is 1. The second-order valence-corrected chi connectivity index (χ2v) is 8.04. The van der Waals surface area contributed by atoms with Crippen LogP contribution < -0.4 is 5.32 Å². The van der Waals surface area contributed by atoms with Crippen molar-refractivity contribution in [2.45, 2.75) is 18.8 Å². The van der Waals surface area contributed by atoms with Gasteiger partial charge in [0.1, 0.15) is 0 Å². The van der Waals surface area contributed by atoms with E-state index in [1.54, 1.807) is 18.4 Å². The van der Waals surface area contributed by atoms with Gasteiger partial charge in [0, 0.05) is 5.92 Å². The van der Waals surface area contributed by atoms with Crippen molar-refractivity contribution >= 4 is 32.6 Å².